The fourth-order valence-electron chi connectivity index (χ4n) is 0.825. The lowest BCUT2D eigenvalue weighted by Crippen LogP contribution is -2.10. The second-order valence-electron chi connectivity index (χ2n) is 2.33. The largest absolute Gasteiger partial charge is 0.283 e. The van der Waals surface area contributed by atoms with Gasteiger partial charge in [-0.1, -0.05) is 0 Å². The van der Waals surface area contributed by atoms with Crippen LogP contribution in [0.2, 0.25) is 0 Å². The summed E-state index contributed by atoms with van der Waals surface area (Å²) in [6.45, 7) is 0. The SMILES string of the molecule is c1cnnc(NNc2ccn[nH]2)c1. The molecule has 0 aromatic carbocycles. The predicted octanol–water partition coefficient (Wildman–Crippen LogP) is 0.639. The van der Waals surface area contributed by atoms with E-state index < -0.39 is 0 Å². The zero-order chi connectivity index (χ0) is 8.93. The van der Waals surface area contributed by atoms with E-state index in [1.807, 2.05) is 0 Å². The van der Waals surface area contributed by atoms with Gasteiger partial charge in [0.25, 0.3) is 0 Å². The lowest BCUT2D eigenvalue weighted by Gasteiger charge is -2.04. The molecular weight excluding hydrogens is 168 g/mol. The van der Waals surface area contributed by atoms with Crippen molar-refractivity contribution in [3.63, 3.8) is 0 Å². The Morgan fingerprint density at radius 2 is 2.15 bits per heavy atom. The number of nitrogens with zero attached hydrogens (tertiary/aromatic N) is 3. The van der Waals surface area contributed by atoms with Crippen LogP contribution in [0.4, 0.5) is 11.6 Å². The van der Waals surface area contributed by atoms with Crippen LogP contribution in [0.1, 0.15) is 0 Å². The molecule has 2 aromatic heterocycles. The van der Waals surface area contributed by atoms with Gasteiger partial charge in [0.1, 0.15) is 5.82 Å². The first-order chi connectivity index (χ1) is 6.45. The quantitative estimate of drug-likeness (QED) is 0.598. The van der Waals surface area contributed by atoms with Gasteiger partial charge in [-0.05, 0) is 12.1 Å². The van der Waals surface area contributed by atoms with Gasteiger partial charge < -0.3 is 0 Å². The molecule has 0 unspecified atom stereocenters. The summed E-state index contributed by atoms with van der Waals surface area (Å²) < 4.78 is 0. The molecular formula is C7H8N6. The van der Waals surface area contributed by atoms with Gasteiger partial charge in [0, 0.05) is 12.3 Å². The van der Waals surface area contributed by atoms with Crippen molar-refractivity contribution in [3.8, 4) is 0 Å². The van der Waals surface area contributed by atoms with E-state index in [0.717, 1.165) is 5.82 Å². The fraction of sp³-hybridized carbons (Fsp3) is 0. The molecule has 0 saturated heterocycles. The first kappa shape index (κ1) is 7.53. The number of hydrogen-bond donors (Lipinski definition) is 3. The Balaban J connectivity index is 1.94. The van der Waals surface area contributed by atoms with E-state index in [0.29, 0.717) is 5.82 Å². The van der Waals surface area contributed by atoms with Crippen molar-refractivity contribution in [2.45, 2.75) is 0 Å². The van der Waals surface area contributed by atoms with Crippen LogP contribution in [0, 0.1) is 0 Å². The molecule has 2 heterocycles. The van der Waals surface area contributed by atoms with Crippen molar-refractivity contribution in [3.05, 3.63) is 30.6 Å². The molecule has 6 nitrogen and oxygen atoms in total. The Morgan fingerprint density at radius 1 is 1.15 bits per heavy atom. The summed E-state index contributed by atoms with van der Waals surface area (Å²) in [6, 6.07) is 5.39. The van der Waals surface area contributed by atoms with Crippen LogP contribution in [0.15, 0.2) is 30.6 Å². The zero-order valence-electron chi connectivity index (χ0n) is 6.73. The number of hydrogen-bond acceptors (Lipinski definition) is 5. The van der Waals surface area contributed by atoms with Gasteiger partial charge >= 0.3 is 0 Å². The average Bonchev–Trinajstić information content (AvgIpc) is 2.69. The van der Waals surface area contributed by atoms with Gasteiger partial charge in [-0.2, -0.15) is 10.2 Å². The summed E-state index contributed by atoms with van der Waals surface area (Å²) in [6.07, 6.45) is 3.27. The fourth-order valence-corrected chi connectivity index (χ4v) is 0.825. The number of H-pyrrole nitrogens is 1. The number of aromatic nitrogens is 4. The van der Waals surface area contributed by atoms with Gasteiger partial charge in [-0.25, -0.2) is 0 Å². The highest BCUT2D eigenvalue weighted by atomic mass is 15.4. The predicted molar refractivity (Wildman–Crippen MR) is 47.9 cm³/mol. The van der Waals surface area contributed by atoms with E-state index in [1.54, 1.807) is 30.6 Å². The smallest absolute Gasteiger partial charge is 0.167 e. The maximum Gasteiger partial charge on any atom is 0.167 e. The lowest BCUT2D eigenvalue weighted by atomic mass is 10.5. The first-order valence-electron chi connectivity index (χ1n) is 3.74. The second kappa shape index (κ2) is 3.53. The second-order valence-corrected chi connectivity index (χ2v) is 2.33. The van der Waals surface area contributed by atoms with Crippen LogP contribution in [0.25, 0.3) is 0 Å². The first-order valence-corrected chi connectivity index (χ1v) is 3.74. The minimum absolute atomic E-state index is 0.650. The number of anilines is 2. The van der Waals surface area contributed by atoms with Gasteiger partial charge in [0.15, 0.2) is 5.82 Å². The minimum Gasteiger partial charge on any atom is -0.283 e. The molecule has 0 bridgehead atoms. The molecule has 0 aliphatic carbocycles. The van der Waals surface area contributed by atoms with Crippen molar-refractivity contribution in [2.75, 3.05) is 10.9 Å². The zero-order valence-corrected chi connectivity index (χ0v) is 6.73. The normalized spacial score (nSPS) is 9.54. The van der Waals surface area contributed by atoms with E-state index in [9.17, 15) is 0 Å². The van der Waals surface area contributed by atoms with Gasteiger partial charge in [-0.3, -0.25) is 16.0 Å². The summed E-state index contributed by atoms with van der Waals surface area (Å²) in [5.41, 5.74) is 5.72. The minimum atomic E-state index is 0.650. The third kappa shape index (κ3) is 1.92. The third-order valence-electron chi connectivity index (χ3n) is 1.40. The molecule has 0 saturated carbocycles. The monoisotopic (exact) mass is 176 g/mol. The average molecular weight is 176 g/mol. The van der Waals surface area contributed by atoms with E-state index in [2.05, 4.69) is 31.2 Å². The summed E-state index contributed by atoms with van der Waals surface area (Å²) in [5, 5.41) is 14.0. The molecule has 0 fully saturated rings. The van der Waals surface area contributed by atoms with Crippen LogP contribution < -0.4 is 10.9 Å². The van der Waals surface area contributed by atoms with E-state index in [4.69, 9.17) is 0 Å². The van der Waals surface area contributed by atoms with Crippen LogP contribution >= 0.6 is 0 Å². The highest BCUT2D eigenvalue weighted by Crippen LogP contribution is 2.01. The van der Waals surface area contributed by atoms with Crippen LogP contribution in [-0.2, 0) is 0 Å². The number of hydrazine groups is 1. The van der Waals surface area contributed by atoms with E-state index in [1.165, 1.54) is 0 Å². The molecule has 13 heavy (non-hydrogen) atoms. The van der Waals surface area contributed by atoms with Gasteiger partial charge in [0.05, 0.1) is 6.20 Å². The van der Waals surface area contributed by atoms with E-state index in [-0.39, 0.29) is 0 Å². The van der Waals surface area contributed by atoms with Crippen LogP contribution in [0.5, 0.6) is 0 Å². The maximum absolute atomic E-state index is 3.82. The van der Waals surface area contributed by atoms with Crippen molar-refractivity contribution < 1.29 is 0 Å². The Kier molecular flexibility index (Phi) is 2.04. The standard InChI is InChI=1S/C7H8N6/c1-2-6(10-8-4-1)12-13-7-3-5-9-11-7/h1-5H,(H,10,12)(H2,9,11,13). The Labute approximate surface area is 74.4 Å². The summed E-state index contributed by atoms with van der Waals surface area (Å²) >= 11 is 0. The Morgan fingerprint density at radius 3 is 2.85 bits per heavy atom. The van der Waals surface area contributed by atoms with Crippen molar-refractivity contribution in [2.24, 2.45) is 0 Å². The van der Waals surface area contributed by atoms with Gasteiger partial charge in [-0.15, -0.1) is 5.10 Å². The third-order valence-corrected chi connectivity index (χ3v) is 1.40. The number of aromatic amines is 1. The summed E-state index contributed by atoms with van der Waals surface area (Å²) in [5.74, 6) is 1.42. The highest BCUT2D eigenvalue weighted by molar-refractivity contribution is 5.42. The molecule has 0 aliphatic rings. The summed E-state index contributed by atoms with van der Waals surface area (Å²) in [4.78, 5) is 0. The topological polar surface area (TPSA) is 78.5 Å². The van der Waals surface area contributed by atoms with E-state index >= 15 is 0 Å². The molecule has 0 amide bonds. The van der Waals surface area contributed by atoms with Crippen LogP contribution in [-0.4, -0.2) is 20.4 Å². The molecule has 3 N–H and O–H groups in total. The highest BCUT2D eigenvalue weighted by Gasteiger charge is 1.92. The maximum atomic E-state index is 3.82. The van der Waals surface area contributed by atoms with Crippen molar-refractivity contribution in [1.82, 2.24) is 20.4 Å². The van der Waals surface area contributed by atoms with Crippen molar-refractivity contribution in [1.29, 1.82) is 0 Å². The number of rotatable bonds is 3. The molecule has 2 aromatic rings. The molecule has 0 atom stereocenters. The molecule has 0 aliphatic heterocycles. The van der Waals surface area contributed by atoms with Crippen LogP contribution in [0.3, 0.4) is 0 Å². The molecule has 6 heteroatoms. The molecule has 0 spiro atoms. The Hall–Kier alpha value is -2.11. The van der Waals surface area contributed by atoms with Crippen molar-refractivity contribution >= 4 is 11.6 Å². The molecule has 66 valence electrons. The number of nitrogens with one attached hydrogen (secondary N) is 3. The Bertz CT molecular complexity index is 342. The lowest BCUT2D eigenvalue weighted by molar-refractivity contribution is 1.02. The molecule has 2 rings (SSSR count). The molecule has 0 radical (unpaired) electrons. The van der Waals surface area contributed by atoms with Gasteiger partial charge in [0.2, 0.25) is 0 Å². The summed E-state index contributed by atoms with van der Waals surface area (Å²) in [7, 11) is 0.